The lowest BCUT2D eigenvalue weighted by molar-refractivity contribution is 0.214. The van der Waals surface area contributed by atoms with E-state index in [1.54, 1.807) is 6.07 Å². The van der Waals surface area contributed by atoms with Gasteiger partial charge in [-0.2, -0.15) is 4.98 Å². The Balaban J connectivity index is 1.32. The van der Waals surface area contributed by atoms with E-state index >= 15 is 0 Å². The molecule has 152 valence electrons. The Morgan fingerprint density at radius 3 is 2.69 bits per heavy atom. The molecule has 1 aromatic heterocycles. The van der Waals surface area contributed by atoms with E-state index in [1.807, 2.05) is 31.2 Å². The number of hydrogen-bond donors (Lipinski definition) is 0. The van der Waals surface area contributed by atoms with Crippen LogP contribution in [0.1, 0.15) is 24.2 Å². The zero-order valence-corrected chi connectivity index (χ0v) is 16.6. The first kappa shape index (κ1) is 19.4. The quantitative estimate of drug-likeness (QED) is 0.609. The van der Waals surface area contributed by atoms with Crippen molar-refractivity contribution in [3.63, 3.8) is 0 Å². The summed E-state index contributed by atoms with van der Waals surface area (Å²) in [5, 5.41) is 4.04. The van der Waals surface area contributed by atoms with E-state index in [0.717, 1.165) is 43.2 Å². The molecule has 1 saturated heterocycles. The van der Waals surface area contributed by atoms with Gasteiger partial charge in [-0.3, -0.25) is 4.90 Å². The zero-order chi connectivity index (χ0) is 20.1. The summed E-state index contributed by atoms with van der Waals surface area (Å²) in [6.45, 7) is 6.91. The summed E-state index contributed by atoms with van der Waals surface area (Å²) in [7, 11) is 0. The van der Waals surface area contributed by atoms with Crippen molar-refractivity contribution in [3.8, 4) is 5.75 Å². The number of nitrogens with zero attached hydrogens (tertiary/aromatic N) is 4. The van der Waals surface area contributed by atoms with Gasteiger partial charge in [-0.15, -0.1) is 0 Å². The van der Waals surface area contributed by atoms with Crippen LogP contribution >= 0.6 is 0 Å². The van der Waals surface area contributed by atoms with Gasteiger partial charge in [0.25, 0.3) is 0 Å². The predicted molar refractivity (Wildman–Crippen MR) is 109 cm³/mol. The van der Waals surface area contributed by atoms with Crippen LogP contribution in [0.25, 0.3) is 0 Å². The van der Waals surface area contributed by atoms with Crippen molar-refractivity contribution in [2.45, 2.75) is 19.9 Å². The highest BCUT2D eigenvalue weighted by molar-refractivity contribution is 5.58. The summed E-state index contributed by atoms with van der Waals surface area (Å²) >= 11 is 0. The lowest BCUT2D eigenvalue weighted by Gasteiger charge is -2.36. The largest absolute Gasteiger partial charge is 0.492 e. The molecule has 2 heterocycles. The first-order valence-electron chi connectivity index (χ1n) is 9.96. The van der Waals surface area contributed by atoms with Crippen LogP contribution in [0, 0.1) is 5.82 Å². The number of anilines is 1. The Hall–Kier alpha value is -2.93. The fraction of sp³-hybridized carbons (Fsp3) is 0.364. The van der Waals surface area contributed by atoms with Crippen LogP contribution in [0.5, 0.6) is 5.75 Å². The summed E-state index contributed by atoms with van der Waals surface area (Å²) in [5.41, 5.74) is 1.98. The van der Waals surface area contributed by atoms with Crippen molar-refractivity contribution in [2.75, 3.05) is 37.7 Å². The van der Waals surface area contributed by atoms with E-state index in [1.165, 1.54) is 12.1 Å². The molecule has 2 aromatic carbocycles. The van der Waals surface area contributed by atoms with Gasteiger partial charge in [0.05, 0.1) is 18.8 Å². The van der Waals surface area contributed by atoms with Gasteiger partial charge in [-0.05, 0) is 36.8 Å². The number of ether oxygens (including phenoxy) is 1. The molecule has 1 fully saturated rings. The zero-order valence-electron chi connectivity index (χ0n) is 16.6. The van der Waals surface area contributed by atoms with Crippen LogP contribution in [0.2, 0.25) is 0 Å². The molecule has 0 N–H and O–H groups in total. The highest BCUT2D eigenvalue weighted by Gasteiger charge is 2.21. The molecule has 0 radical (unpaired) electrons. The summed E-state index contributed by atoms with van der Waals surface area (Å²) in [6.07, 6.45) is 0.462. The first-order chi connectivity index (χ1) is 14.2. The molecule has 0 unspecified atom stereocenters. The third kappa shape index (κ3) is 4.92. The smallest absolute Gasteiger partial charge is 0.240 e. The molecule has 0 bridgehead atoms. The Morgan fingerprint density at radius 2 is 1.90 bits per heavy atom. The van der Waals surface area contributed by atoms with Gasteiger partial charge in [0.2, 0.25) is 5.89 Å². The minimum Gasteiger partial charge on any atom is -0.492 e. The van der Waals surface area contributed by atoms with Crippen molar-refractivity contribution in [1.29, 1.82) is 0 Å². The standard InChI is InChI=1S/C22H25FN4O2/c1-2-28-20-9-4-3-8-19(20)27-12-10-26(11-13-27)16-22-24-21(25-29-22)15-17-6-5-7-18(23)14-17/h3-9,14H,2,10-13,15-16H2,1H3. The van der Waals surface area contributed by atoms with Crippen molar-refractivity contribution in [1.82, 2.24) is 15.0 Å². The maximum Gasteiger partial charge on any atom is 0.240 e. The van der Waals surface area contributed by atoms with Gasteiger partial charge in [-0.1, -0.05) is 29.4 Å². The minimum absolute atomic E-state index is 0.255. The van der Waals surface area contributed by atoms with Gasteiger partial charge in [0.15, 0.2) is 5.82 Å². The molecule has 29 heavy (non-hydrogen) atoms. The van der Waals surface area contributed by atoms with Gasteiger partial charge in [-0.25, -0.2) is 4.39 Å². The van der Waals surface area contributed by atoms with Crippen LogP contribution in [-0.4, -0.2) is 47.8 Å². The monoisotopic (exact) mass is 396 g/mol. The fourth-order valence-corrected chi connectivity index (χ4v) is 3.59. The van der Waals surface area contributed by atoms with E-state index < -0.39 is 0 Å². The van der Waals surface area contributed by atoms with Crippen LogP contribution in [0.15, 0.2) is 53.1 Å². The third-order valence-electron chi connectivity index (χ3n) is 5.00. The molecule has 0 aliphatic carbocycles. The molecular weight excluding hydrogens is 371 g/mol. The molecular formula is C22H25FN4O2. The number of piperazine rings is 1. The van der Waals surface area contributed by atoms with E-state index in [4.69, 9.17) is 9.26 Å². The molecule has 7 heteroatoms. The summed E-state index contributed by atoms with van der Waals surface area (Å²) in [6, 6.07) is 14.6. The van der Waals surface area contributed by atoms with E-state index in [2.05, 4.69) is 26.0 Å². The van der Waals surface area contributed by atoms with Crippen molar-refractivity contribution >= 4 is 5.69 Å². The van der Waals surface area contributed by atoms with E-state index in [9.17, 15) is 4.39 Å². The number of benzene rings is 2. The van der Waals surface area contributed by atoms with Crippen molar-refractivity contribution in [2.24, 2.45) is 0 Å². The number of aromatic nitrogens is 2. The van der Waals surface area contributed by atoms with Crippen LogP contribution < -0.4 is 9.64 Å². The summed E-state index contributed by atoms with van der Waals surface area (Å²) in [5.74, 6) is 1.85. The molecule has 0 atom stereocenters. The van der Waals surface area contributed by atoms with Gasteiger partial charge in [0.1, 0.15) is 11.6 Å². The maximum absolute atomic E-state index is 13.3. The molecule has 6 nitrogen and oxygen atoms in total. The second kappa shape index (κ2) is 9.05. The Morgan fingerprint density at radius 1 is 1.07 bits per heavy atom. The average molecular weight is 396 g/mol. The normalized spacial score (nSPS) is 14.9. The van der Waals surface area contributed by atoms with Crippen LogP contribution in [-0.2, 0) is 13.0 Å². The molecule has 3 aromatic rings. The molecule has 0 spiro atoms. The molecule has 0 amide bonds. The number of hydrogen-bond acceptors (Lipinski definition) is 6. The number of rotatable bonds is 7. The second-order valence-corrected chi connectivity index (χ2v) is 7.07. The van der Waals surface area contributed by atoms with E-state index in [0.29, 0.717) is 31.3 Å². The van der Waals surface area contributed by atoms with E-state index in [-0.39, 0.29) is 5.82 Å². The lowest BCUT2D eigenvalue weighted by atomic mass is 10.1. The summed E-state index contributed by atoms with van der Waals surface area (Å²) in [4.78, 5) is 9.13. The van der Waals surface area contributed by atoms with Crippen LogP contribution in [0.3, 0.4) is 0 Å². The average Bonchev–Trinajstić information content (AvgIpc) is 3.16. The Labute approximate surface area is 169 Å². The molecule has 1 aliphatic heterocycles. The van der Waals surface area contributed by atoms with Gasteiger partial charge < -0.3 is 14.2 Å². The number of halogens is 1. The lowest BCUT2D eigenvalue weighted by Crippen LogP contribution is -2.46. The highest BCUT2D eigenvalue weighted by atomic mass is 19.1. The molecule has 1 aliphatic rings. The SMILES string of the molecule is CCOc1ccccc1N1CCN(Cc2nc(Cc3cccc(F)c3)no2)CC1. The Kier molecular flexibility index (Phi) is 6.05. The molecule has 4 rings (SSSR count). The number of para-hydroxylation sites is 2. The van der Waals surface area contributed by atoms with Gasteiger partial charge >= 0.3 is 0 Å². The highest BCUT2D eigenvalue weighted by Crippen LogP contribution is 2.29. The third-order valence-corrected chi connectivity index (χ3v) is 5.00. The second-order valence-electron chi connectivity index (χ2n) is 7.07. The van der Waals surface area contributed by atoms with Gasteiger partial charge in [0, 0.05) is 32.6 Å². The van der Waals surface area contributed by atoms with Crippen LogP contribution in [0.4, 0.5) is 10.1 Å². The topological polar surface area (TPSA) is 54.6 Å². The Bertz CT molecular complexity index is 938. The van der Waals surface area contributed by atoms with Crippen molar-refractivity contribution < 1.29 is 13.7 Å². The summed E-state index contributed by atoms with van der Waals surface area (Å²) < 4.78 is 24.5. The first-order valence-corrected chi connectivity index (χ1v) is 9.96. The van der Waals surface area contributed by atoms with Crippen molar-refractivity contribution in [3.05, 3.63) is 71.6 Å². The predicted octanol–water partition coefficient (Wildman–Crippen LogP) is 3.52. The minimum atomic E-state index is -0.255. The maximum atomic E-state index is 13.3. The fourth-order valence-electron chi connectivity index (χ4n) is 3.59. The molecule has 0 saturated carbocycles.